The first kappa shape index (κ1) is 17.3. The van der Waals surface area contributed by atoms with Crippen molar-refractivity contribution >= 4 is 11.6 Å². The topological polar surface area (TPSA) is 43.8 Å². The molecule has 0 radical (unpaired) electrons. The van der Waals surface area contributed by atoms with Crippen LogP contribution in [0.25, 0.3) is 0 Å². The molecule has 3 unspecified atom stereocenters. The van der Waals surface area contributed by atoms with E-state index < -0.39 is 17.7 Å². The van der Waals surface area contributed by atoms with Crippen LogP contribution in [0, 0.1) is 17.6 Å². The largest absolute Gasteiger partial charge is 0.393 e. The molecule has 1 amide bonds. The van der Waals surface area contributed by atoms with Crippen LogP contribution in [0.3, 0.4) is 0 Å². The van der Waals surface area contributed by atoms with Gasteiger partial charge in [0.25, 0.3) is 0 Å². The Morgan fingerprint density at radius 2 is 1.88 bits per heavy atom. The fraction of sp³-hybridized carbons (Fsp3) is 0.611. The van der Waals surface area contributed by atoms with E-state index in [2.05, 4.69) is 0 Å². The van der Waals surface area contributed by atoms with Crippen molar-refractivity contribution in [2.75, 3.05) is 25.0 Å². The molecule has 1 aliphatic heterocycles. The SMILES string of the molecule is CN(CC1CCCCC1O)C1CCN(c2c(F)cccc2F)C1=O. The van der Waals surface area contributed by atoms with Crippen LogP contribution in [0.1, 0.15) is 32.1 Å². The van der Waals surface area contributed by atoms with Crippen molar-refractivity contribution in [3.8, 4) is 0 Å². The fourth-order valence-electron chi connectivity index (χ4n) is 3.94. The maximum atomic E-state index is 13.9. The number of aliphatic hydroxyl groups is 1. The van der Waals surface area contributed by atoms with Gasteiger partial charge >= 0.3 is 0 Å². The van der Waals surface area contributed by atoms with E-state index in [9.17, 15) is 18.7 Å². The van der Waals surface area contributed by atoms with Gasteiger partial charge in [-0.25, -0.2) is 8.78 Å². The van der Waals surface area contributed by atoms with Crippen LogP contribution < -0.4 is 4.90 Å². The van der Waals surface area contributed by atoms with Gasteiger partial charge in [-0.05, 0) is 44.4 Å². The molecule has 3 rings (SSSR count). The highest BCUT2D eigenvalue weighted by Gasteiger charge is 2.38. The van der Waals surface area contributed by atoms with Gasteiger partial charge in [0.2, 0.25) is 5.91 Å². The number of nitrogens with zero attached hydrogens (tertiary/aromatic N) is 2. The quantitative estimate of drug-likeness (QED) is 0.918. The third-order valence-corrected chi connectivity index (χ3v) is 5.31. The molecule has 1 aliphatic carbocycles. The number of hydrogen-bond donors (Lipinski definition) is 1. The van der Waals surface area contributed by atoms with Crippen molar-refractivity contribution < 1.29 is 18.7 Å². The number of rotatable bonds is 4. The second-order valence-electron chi connectivity index (χ2n) is 6.92. The van der Waals surface area contributed by atoms with Gasteiger partial charge in [0, 0.05) is 13.1 Å². The van der Waals surface area contributed by atoms with Gasteiger partial charge in [-0.2, -0.15) is 0 Å². The van der Waals surface area contributed by atoms with E-state index >= 15 is 0 Å². The van der Waals surface area contributed by atoms with Crippen LogP contribution in [-0.2, 0) is 4.79 Å². The van der Waals surface area contributed by atoms with Crippen molar-refractivity contribution in [2.45, 2.75) is 44.2 Å². The number of hydrogen-bond acceptors (Lipinski definition) is 3. The third-order valence-electron chi connectivity index (χ3n) is 5.31. The minimum absolute atomic E-state index is 0.163. The molecule has 132 valence electrons. The molecule has 1 saturated carbocycles. The first-order valence-corrected chi connectivity index (χ1v) is 8.62. The Hall–Kier alpha value is -1.53. The molecule has 2 fully saturated rings. The van der Waals surface area contributed by atoms with Gasteiger partial charge in [-0.15, -0.1) is 0 Å². The molecule has 2 aliphatic rings. The zero-order valence-corrected chi connectivity index (χ0v) is 13.9. The smallest absolute Gasteiger partial charge is 0.244 e. The molecule has 1 aromatic carbocycles. The summed E-state index contributed by atoms with van der Waals surface area (Å²) in [7, 11) is 1.85. The highest BCUT2D eigenvalue weighted by Crippen LogP contribution is 2.30. The second kappa shape index (κ2) is 7.15. The number of halogens is 2. The van der Waals surface area contributed by atoms with Crippen molar-refractivity contribution in [1.29, 1.82) is 0 Å². The summed E-state index contributed by atoms with van der Waals surface area (Å²) in [6.45, 7) is 0.935. The molecule has 1 saturated heterocycles. The summed E-state index contributed by atoms with van der Waals surface area (Å²) in [4.78, 5) is 15.8. The monoisotopic (exact) mass is 338 g/mol. The Bertz CT molecular complexity index is 590. The normalized spacial score (nSPS) is 28.0. The summed E-state index contributed by atoms with van der Waals surface area (Å²) in [6.07, 6.45) is 4.12. The number of para-hydroxylation sites is 1. The minimum Gasteiger partial charge on any atom is -0.393 e. The maximum absolute atomic E-state index is 13.9. The molecule has 6 heteroatoms. The Morgan fingerprint density at radius 1 is 1.21 bits per heavy atom. The molecule has 1 N–H and O–H groups in total. The summed E-state index contributed by atoms with van der Waals surface area (Å²) in [5.74, 6) is -1.54. The number of amides is 1. The van der Waals surface area contributed by atoms with Gasteiger partial charge in [-0.1, -0.05) is 18.9 Å². The molecule has 3 atom stereocenters. The van der Waals surface area contributed by atoms with Crippen molar-refractivity contribution in [1.82, 2.24) is 4.90 Å². The molecule has 24 heavy (non-hydrogen) atoms. The van der Waals surface area contributed by atoms with Gasteiger partial charge in [-0.3, -0.25) is 9.69 Å². The first-order chi connectivity index (χ1) is 11.5. The number of carbonyl (C=O) groups is 1. The molecule has 1 aromatic rings. The summed E-state index contributed by atoms with van der Waals surface area (Å²) in [5, 5.41) is 10.1. The number of benzene rings is 1. The molecule has 0 aromatic heterocycles. The Kier molecular flexibility index (Phi) is 5.15. The highest BCUT2D eigenvalue weighted by atomic mass is 19.1. The van der Waals surface area contributed by atoms with Gasteiger partial charge in [0.15, 0.2) is 0 Å². The number of likely N-dealkylation sites (N-methyl/N-ethyl adjacent to an activating group) is 1. The van der Waals surface area contributed by atoms with Crippen molar-refractivity contribution in [3.05, 3.63) is 29.8 Å². The van der Waals surface area contributed by atoms with Crippen molar-refractivity contribution in [3.63, 3.8) is 0 Å². The lowest BCUT2D eigenvalue weighted by molar-refractivity contribution is -0.121. The second-order valence-corrected chi connectivity index (χ2v) is 6.92. The zero-order chi connectivity index (χ0) is 17.3. The summed E-state index contributed by atoms with van der Waals surface area (Å²) in [5.41, 5.74) is -0.254. The lowest BCUT2D eigenvalue weighted by atomic mass is 9.86. The van der Waals surface area contributed by atoms with E-state index in [4.69, 9.17) is 0 Å². The fourth-order valence-corrected chi connectivity index (χ4v) is 3.94. The zero-order valence-electron chi connectivity index (χ0n) is 13.9. The lowest BCUT2D eigenvalue weighted by Crippen LogP contribution is -2.44. The maximum Gasteiger partial charge on any atom is 0.244 e. The summed E-state index contributed by atoms with van der Waals surface area (Å²) < 4.78 is 27.9. The summed E-state index contributed by atoms with van der Waals surface area (Å²) in [6, 6.07) is 3.24. The van der Waals surface area contributed by atoms with E-state index in [0.717, 1.165) is 25.7 Å². The van der Waals surface area contributed by atoms with E-state index in [1.807, 2.05) is 11.9 Å². The van der Waals surface area contributed by atoms with Gasteiger partial charge in [0.05, 0.1) is 12.1 Å². The number of anilines is 1. The Morgan fingerprint density at radius 3 is 2.54 bits per heavy atom. The van der Waals surface area contributed by atoms with Crippen LogP contribution in [0.2, 0.25) is 0 Å². The standard InChI is InChI=1S/C18H24F2N2O2/c1-21(11-12-5-2-3-8-16(12)23)15-9-10-22(18(15)24)17-13(19)6-4-7-14(17)20/h4,6-7,12,15-16,23H,2-3,5,8-11H2,1H3. The average molecular weight is 338 g/mol. The van der Waals surface area contributed by atoms with E-state index in [0.29, 0.717) is 19.5 Å². The lowest BCUT2D eigenvalue weighted by Gasteiger charge is -2.33. The predicted molar refractivity (Wildman–Crippen MR) is 87.7 cm³/mol. The predicted octanol–water partition coefficient (Wildman–Crippen LogP) is 2.55. The first-order valence-electron chi connectivity index (χ1n) is 8.62. The third kappa shape index (κ3) is 3.30. The average Bonchev–Trinajstić information content (AvgIpc) is 2.91. The highest BCUT2D eigenvalue weighted by molar-refractivity contribution is 5.99. The molecule has 0 spiro atoms. The van der Waals surface area contributed by atoms with Crippen LogP contribution in [-0.4, -0.2) is 48.2 Å². The number of aliphatic hydroxyl groups excluding tert-OH is 1. The molecular formula is C18H24F2N2O2. The molecule has 4 nitrogen and oxygen atoms in total. The van der Waals surface area contributed by atoms with Gasteiger partial charge in [0.1, 0.15) is 17.3 Å². The van der Waals surface area contributed by atoms with Crippen LogP contribution in [0.5, 0.6) is 0 Å². The molecule has 0 bridgehead atoms. The van der Waals surface area contributed by atoms with E-state index in [1.54, 1.807) is 0 Å². The number of carbonyl (C=O) groups excluding carboxylic acids is 1. The Balaban J connectivity index is 1.69. The van der Waals surface area contributed by atoms with Gasteiger partial charge < -0.3 is 10.0 Å². The van der Waals surface area contributed by atoms with Crippen LogP contribution in [0.4, 0.5) is 14.5 Å². The minimum atomic E-state index is -0.714. The van der Waals surface area contributed by atoms with E-state index in [-0.39, 0.29) is 23.6 Å². The Labute approximate surface area is 141 Å². The molecule has 1 heterocycles. The molecular weight excluding hydrogens is 314 g/mol. The van der Waals surface area contributed by atoms with Crippen LogP contribution in [0.15, 0.2) is 18.2 Å². The van der Waals surface area contributed by atoms with Crippen molar-refractivity contribution in [2.24, 2.45) is 5.92 Å². The summed E-state index contributed by atoms with van der Waals surface area (Å²) >= 11 is 0. The van der Waals surface area contributed by atoms with Crippen LogP contribution >= 0.6 is 0 Å². The van der Waals surface area contributed by atoms with E-state index in [1.165, 1.54) is 23.1 Å².